The molecule has 110 valence electrons. The maximum atomic E-state index is 6.45. The van der Waals surface area contributed by atoms with Gasteiger partial charge in [0.25, 0.3) is 0 Å². The summed E-state index contributed by atoms with van der Waals surface area (Å²) in [6.07, 6.45) is 5.05. The van der Waals surface area contributed by atoms with Crippen molar-refractivity contribution in [3.63, 3.8) is 0 Å². The van der Waals surface area contributed by atoms with E-state index >= 15 is 0 Å². The Kier molecular flexibility index (Phi) is 5.54. The number of hydrogen-bond donors (Lipinski definition) is 0. The molecule has 0 aliphatic carbocycles. The zero-order valence-electron chi connectivity index (χ0n) is 12.8. The van der Waals surface area contributed by atoms with Crippen molar-refractivity contribution in [2.45, 2.75) is 25.4 Å². The lowest BCUT2D eigenvalue weighted by molar-refractivity contribution is 0.310. The fourth-order valence-electron chi connectivity index (χ4n) is 2.89. The van der Waals surface area contributed by atoms with Gasteiger partial charge >= 0.3 is 0 Å². The van der Waals surface area contributed by atoms with Crippen molar-refractivity contribution in [1.82, 2.24) is 0 Å². The number of allylic oxidation sites excluding steroid dienone is 2. The topological polar surface area (TPSA) is 9.23 Å². The lowest BCUT2D eigenvalue weighted by atomic mass is 10.1. The normalized spacial score (nSPS) is 11.5. The average molecular weight is 296 g/mol. The Morgan fingerprint density at radius 1 is 1.00 bits per heavy atom. The molecule has 0 fully saturated rings. The van der Waals surface area contributed by atoms with E-state index in [2.05, 4.69) is 62.5 Å². The Morgan fingerprint density at radius 3 is 2.33 bits per heavy atom. The van der Waals surface area contributed by atoms with Gasteiger partial charge in [0.2, 0.25) is 8.32 Å². The second-order valence-electron chi connectivity index (χ2n) is 5.36. The second-order valence-corrected chi connectivity index (χ2v) is 8.99. The van der Waals surface area contributed by atoms with Crippen molar-refractivity contribution in [3.05, 3.63) is 67.8 Å². The lowest BCUT2D eigenvalue weighted by Crippen LogP contribution is -2.50. The van der Waals surface area contributed by atoms with Crippen molar-refractivity contribution in [3.8, 4) is 0 Å². The second kappa shape index (κ2) is 7.39. The van der Waals surface area contributed by atoms with Crippen LogP contribution in [0.4, 0.5) is 0 Å². The number of rotatable bonds is 8. The van der Waals surface area contributed by atoms with E-state index in [-0.39, 0.29) is 0 Å². The summed E-state index contributed by atoms with van der Waals surface area (Å²) in [6, 6.07) is 16.9. The molecule has 1 nitrogen and oxygen atoms in total. The third-order valence-electron chi connectivity index (χ3n) is 3.81. The molecular weight excluding hydrogens is 272 g/mol. The van der Waals surface area contributed by atoms with Crippen LogP contribution >= 0.6 is 0 Å². The molecule has 0 N–H and O–H groups in total. The summed E-state index contributed by atoms with van der Waals surface area (Å²) in [5.74, 6) is 0. The SMILES string of the molecule is C=CC[Si](CC=C)(OCCC)c1cccc2ccccc12. The Labute approximate surface area is 129 Å². The van der Waals surface area contributed by atoms with Crippen LogP contribution in [0.25, 0.3) is 10.8 Å². The highest BCUT2D eigenvalue weighted by Crippen LogP contribution is 2.24. The van der Waals surface area contributed by atoms with E-state index in [1.807, 2.05) is 12.2 Å². The van der Waals surface area contributed by atoms with E-state index in [1.165, 1.54) is 16.0 Å². The van der Waals surface area contributed by atoms with Crippen molar-refractivity contribution in [2.24, 2.45) is 0 Å². The summed E-state index contributed by atoms with van der Waals surface area (Å²) >= 11 is 0. The van der Waals surface area contributed by atoms with E-state index in [9.17, 15) is 0 Å². The number of hydrogen-bond acceptors (Lipinski definition) is 1. The minimum absolute atomic E-state index is 0.803. The van der Waals surface area contributed by atoms with Crippen LogP contribution in [0.2, 0.25) is 12.1 Å². The number of fused-ring (bicyclic) bond motifs is 1. The standard InChI is InChI=1S/C19H24OSi/c1-4-14-20-21(15-5-2,16-6-3)19-13-9-11-17-10-7-8-12-18(17)19/h5-13H,2-4,14-16H2,1H3. The molecule has 0 atom stereocenters. The Hall–Kier alpha value is -1.64. The quantitative estimate of drug-likeness (QED) is 0.502. The van der Waals surface area contributed by atoms with Gasteiger partial charge in [-0.25, -0.2) is 0 Å². The van der Waals surface area contributed by atoms with Crippen molar-refractivity contribution >= 4 is 24.3 Å². The van der Waals surface area contributed by atoms with Crippen molar-refractivity contribution in [2.75, 3.05) is 6.61 Å². The molecule has 0 unspecified atom stereocenters. The molecule has 0 bridgehead atoms. The molecule has 0 amide bonds. The highest BCUT2D eigenvalue weighted by atomic mass is 28.4. The molecule has 2 rings (SSSR count). The third kappa shape index (κ3) is 3.34. The monoisotopic (exact) mass is 296 g/mol. The third-order valence-corrected chi connectivity index (χ3v) is 7.88. The van der Waals surface area contributed by atoms with Crippen LogP contribution in [0.3, 0.4) is 0 Å². The summed E-state index contributed by atoms with van der Waals surface area (Å²) in [7, 11) is -2.09. The Bertz CT molecular complexity index is 602. The predicted octanol–water partition coefficient (Wildman–Crippen LogP) is 4.79. The smallest absolute Gasteiger partial charge is 0.232 e. The minimum atomic E-state index is -2.09. The van der Waals surface area contributed by atoms with Crippen molar-refractivity contribution < 1.29 is 4.43 Å². The molecule has 0 aromatic heterocycles. The van der Waals surface area contributed by atoms with E-state index in [0.717, 1.165) is 25.1 Å². The molecule has 0 aliphatic rings. The molecule has 0 aliphatic heterocycles. The number of benzene rings is 2. The van der Waals surface area contributed by atoms with Gasteiger partial charge in [-0.3, -0.25) is 0 Å². The molecule has 0 heterocycles. The summed E-state index contributed by atoms with van der Waals surface area (Å²) in [4.78, 5) is 0. The minimum Gasteiger partial charge on any atom is -0.412 e. The van der Waals surface area contributed by atoms with Crippen LogP contribution < -0.4 is 5.19 Å². The highest BCUT2D eigenvalue weighted by Gasteiger charge is 2.35. The zero-order valence-corrected chi connectivity index (χ0v) is 13.8. The summed E-state index contributed by atoms with van der Waals surface area (Å²) in [6.45, 7) is 10.9. The van der Waals surface area contributed by atoms with E-state index in [4.69, 9.17) is 4.43 Å². The van der Waals surface area contributed by atoms with Crippen LogP contribution in [-0.4, -0.2) is 14.9 Å². The van der Waals surface area contributed by atoms with Crippen LogP contribution in [0, 0.1) is 0 Å². The molecule has 21 heavy (non-hydrogen) atoms. The van der Waals surface area contributed by atoms with Crippen LogP contribution in [0.5, 0.6) is 0 Å². The van der Waals surface area contributed by atoms with E-state index in [1.54, 1.807) is 0 Å². The van der Waals surface area contributed by atoms with Gasteiger partial charge < -0.3 is 4.43 Å². The Morgan fingerprint density at radius 2 is 1.67 bits per heavy atom. The maximum Gasteiger partial charge on any atom is 0.232 e. The van der Waals surface area contributed by atoms with Gasteiger partial charge in [0.15, 0.2) is 0 Å². The van der Waals surface area contributed by atoms with Crippen molar-refractivity contribution in [1.29, 1.82) is 0 Å². The lowest BCUT2D eigenvalue weighted by Gasteiger charge is -2.31. The molecule has 2 heteroatoms. The van der Waals surface area contributed by atoms with E-state index in [0.29, 0.717) is 0 Å². The predicted molar refractivity (Wildman–Crippen MR) is 95.6 cm³/mol. The summed E-state index contributed by atoms with van der Waals surface area (Å²) < 4.78 is 6.45. The summed E-state index contributed by atoms with van der Waals surface area (Å²) in [5, 5.41) is 3.96. The largest absolute Gasteiger partial charge is 0.412 e. The van der Waals surface area contributed by atoms with Gasteiger partial charge in [-0.1, -0.05) is 61.5 Å². The van der Waals surface area contributed by atoms with E-state index < -0.39 is 8.32 Å². The van der Waals surface area contributed by atoms with Gasteiger partial charge in [0, 0.05) is 6.61 Å². The maximum absolute atomic E-state index is 6.45. The first-order valence-corrected chi connectivity index (χ1v) is 9.93. The van der Waals surface area contributed by atoms with Crippen LogP contribution in [-0.2, 0) is 4.43 Å². The first kappa shape index (κ1) is 15.7. The van der Waals surface area contributed by atoms with Gasteiger partial charge in [0.05, 0.1) is 0 Å². The fraction of sp³-hybridized carbons (Fsp3) is 0.263. The fourth-order valence-corrected chi connectivity index (χ4v) is 6.53. The molecule has 0 spiro atoms. The Balaban J connectivity index is 2.60. The average Bonchev–Trinajstić information content (AvgIpc) is 2.52. The first-order valence-electron chi connectivity index (χ1n) is 7.61. The molecule has 2 aromatic carbocycles. The summed E-state index contributed by atoms with van der Waals surface area (Å²) in [5.41, 5.74) is 0. The first-order chi connectivity index (χ1) is 10.3. The zero-order chi connectivity index (χ0) is 15.1. The van der Waals surface area contributed by atoms with Gasteiger partial charge in [-0.2, -0.15) is 0 Å². The molecule has 0 radical (unpaired) electrons. The van der Waals surface area contributed by atoms with Crippen LogP contribution in [0.1, 0.15) is 13.3 Å². The highest BCUT2D eigenvalue weighted by molar-refractivity contribution is 6.89. The van der Waals surface area contributed by atoms with Crippen LogP contribution in [0.15, 0.2) is 67.8 Å². The van der Waals surface area contributed by atoms with Gasteiger partial charge in [-0.15, -0.1) is 13.2 Å². The molecule has 0 saturated heterocycles. The molecule has 0 saturated carbocycles. The van der Waals surface area contributed by atoms with Gasteiger partial charge in [-0.05, 0) is 34.5 Å². The molecule has 2 aromatic rings. The molecular formula is C19H24OSi. The van der Waals surface area contributed by atoms with Gasteiger partial charge in [0.1, 0.15) is 0 Å².